The predicted molar refractivity (Wildman–Crippen MR) is 135 cm³/mol. The van der Waals surface area contributed by atoms with Crippen LogP contribution in [0, 0.1) is 29.4 Å². The first-order valence-corrected chi connectivity index (χ1v) is 12.9. The van der Waals surface area contributed by atoms with Gasteiger partial charge >= 0.3 is 0 Å². The maximum absolute atomic E-state index is 14.8. The topological polar surface area (TPSA) is 0 Å². The highest BCUT2D eigenvalue weighted by atomic mass is 19.2. The molecule has 2 aromatic rings. The number of rotatable bonds is 8. The molecule has 2 heteroatoms. The molecule has 0 amide bonds. The zero-order valence-corrected chi connectivity index (χ0v) is 20.0. The molecule has 0 aromatic heterocycles. The van der Waals surface area contributed by atoms with Gasteiger partial charge < -0.3 is 0 Å². The van der Waals surface area contributed by atoms with Crippen molar-refractivity contribution in [3.05, 3.63) is 84.0 Å². The van der Waals surface area contributed by atoms with Crippen LogP contribution in [0.3, 0.4) is 0 Å². The van der Waals surface area contributed by atoms with Crippen LogP contribution in [0.15, 0.2) is 61.2 Å². The van der Waals surface area contributed by atoms with Crippen molar-refractivity contribution in [3.63, 3.8) is 0 Å². The maximum Gasteiger partial charge on any atom is 0.166 e. The third-order valence-corrected chi connectivity index (χ3v) is 8.17. The molecule has 2 aliphatic rings. The predicted octanol–water partition coefficient (Wildman–Crippen LogP) is 9.41. The van der Waals surface area contributed by atoms with E-state index in [-0.39, 0.29) is 0 Å². The Kier molecular flexibility index (Phi) is 8.17. The van der Waals surface area contributed by atoms with Gasteiger partial charge in [-0.25, -0.2) is 8.78 Å². The van der Waals surface area contributed by atoms with Crippen molar-refractivity contribution < 1.29 is 8.78 Å². The minimum atomic E-state index is -0.727. The van der Waals surface area contributed by atoms with Crippen LogP contribution >= 0.6 is 0 Å². The summed E-state index contributed by atoms with van der Waals surface area (Å²) in [5.74, 6) is 1.81. The summed E-state index contributed by atoms with van der Waals surface area (Å²) in [7, 11) is 0. The van der Waals surface area contributed by atoms with E-state index >= 15 is 0 Å². The van der Waals surface area contributed by atoms with E-state index in [1.807, 2.05) is 31.2 Å². The molecule has 2 saturated carbocycles. The lowest BCUT2D eigenvalue weighted by atomic mass is 9.63. The van der Waals surface area contributed by atoms with Gasteiger partial charge in [0, 0.05) is 5.56 Å². The van der Waals surface area contributed by atoms with E-state index in [1.165, 1.54) is 50.5 Å². The Morgan fingerprint density at radius 1 is 0.879 bits per heavy atom. The third kappa shape index (κ3) is 5.65. The molecule has 0 aliphatic heterocycles. The highest BCUT2D eigenvalue weighted by Crippen LogP contribution is 2.48. The molecule has 2 aliphatic carbocycles. The van der Waals surface area contributed by atoms with Gasteiger partial charge in [0.25, 0.3) is 0 Å². The molecule has 0 bridgehead atoms. The van der Waals surface area contributed by atoms with E-state index in [9.17, 15) is 8.78 Å². The van der Waals surface area contributed by atoms with Gasteiger partial charge in [0.15, 0.2) is 11.6 Å². The van der Waals surface area contributed by atoms with Gasteiger partial charge in [-0.3, -0.25) is 0 Å². The lowest BCUT2D eigenvalue weighted by molar-refractivity contribution is 0.115. The molecular formula is C31H38F2. The first-order chi connectivity index (χ1) is 16.1. The fraction of sp³-hybridized carbons (Fsp3) is 0.484. The molecule has 4 rings (SSSR count). The van der Waals surface area contributed by atoms with Gasteiger partial charge in [0.2, 0.25) is 0 Å². The molecule has 33 heavy (non-hydrogen) atoms. The number of fused-ring (bicyclic) bond motifs is 1. The molecule has 0 nitrogen and oxygen atoms in total. The number of aryl methyl sites for hydroxylation is 1. The summed E-state index contributed by atoms with van der Waals surface area (Å²) in [6.45, 7) is 5.82. The lowest BCUT2D eigenvalue weighted by Gasteiger charge is -2.42. The number of benzene rings is 2. The molecule has 0 radical (unpaired) electrons. The van der Waals surface area contributed by atoms with Crippen molar-refractivity contribution in [2.45, 2.75) is 77.0 Å². The number of hydrogen-bond donors (Lipinski definition) is 0. The van der Waals surface area contributed by atoms with Gasteiger partial charge in [-0.05, 0) is 105 Å². The number of allylic oxidation sites excluding steroid dienone is 3. The Morgan fingerprint density at radius 3 is 2.39 bits per heavy atom. The van der Waals surface area contributed by atoms with Crippen LogP contribution in [-0.2, 0) is 6.42 Å². The fourth-order valence-electron chi connectivity index (χ4n) is 6.25. The van der Waals surface area contributed by atoms with E-state index in [0.717, 1.165) is 36.2 Å². The first-order valence-electron chi connectivity index (χ1n) is 12.9. The smallest absolute Gasteiger partial charge is 0.166 e. The number of hydrogen-bond acceptors (Lipinski definition) is 0. The largest absolute Gasteiger partial charge is 0.203 e. The van der Waals surface area contributed by atoms with E-state index in [1.54, 1.807) is 12.1 Å². The molecule has 0 saturated heterocycles. The zero-order chi connectivity index (χ0) is 23.2. The molecule has 0 spiro atoms. The monoisotopic (exact) mass is 448 g/mol. The van der Waals surface area contributed by atoms with Crippen molar-refractivity contribution >= 4 is 0 Å². The van der Waals surface area contributed by atoms with Gasteiger partial charge in [-0.2, -0.15) is 0 Å². The van der Waals surface area contributed by atoms with Crippen molar-refractivity contribution in [3.8, 4) is 11.1 Å². The second kappa shape index (κ2) is 11.3. The number of halogens is 2. The molecule has 4 atom stereocenters. The Morgan fingerprint density at radius 2 is 1.64 bits per heavy atom. The van der Waals surface area contributed by atoms with Gasteiger partial charge in [-0.1, -0.05) is 61.0 Å². The van der Waals surface area contributed by atoms with Crippen LogP contribution in [-0.4, -0.2) is 0 Å². The minimum absolute atomic E-state index is 0.357. The summed E-state index contributed by atoms with van der Waals surface area (Å²) in [6, 6.07) is 11.7. The summed E-state index contributed by atoms with van der Waals surface area (Å²) >= 11 is 0. The summed E-state index contributed by atoms with van der Waals surface area (Å²) in [6.07, 6.45) is 17.7. The molecule has 2 fully saturated rings. The Balaban J connectivity index is 1.40. The highest BCUT2D eigenvalue weighted by Gasteiger charge is 2.35. The highest BCUT2D eigenvalue weighted by molar-refractivity contribution is 5.65. The molecular weight excluding hydrogens is 410 g/mol. The normalized spacial score (nSPS) is 25.2. The average molecular weight is 449 g/mol. The van der Waals surface area contributed by atoms with Crippen LogP contribution in [0.4, 0.5) is 8.78 Å². The van der Waals surface area contributed by atoms with Crippen molar-refractivity contribution in [1.82, 2.24) is 0 Å². The van der Waals surface area contributed by atoms with Crippen LogP contribution < -0.4 is 0 Å². The lowest BCUT2D eigenvalue weighted by Crippen LogP contribution is -2.30. The van der Waals surface area contributed by atoms with E-state index in [0.29, 0.717) is 23.5 Å². The summed E-state index contributed by atoms with van der Waals surface area (Å²) in [4.78, 5) is 0. The van der Waals surface area contributed by atoms with Crippen LogP contribution in [0.25, 0.3) is 11.1 Å². The van der Waals surface area contributed by atoms with Gasteiger partial charge in [0.1, 0.15) is 0 Å². The molecule has 2 aromatic carbocycles. The quantitative estimate of drug-likeness (QED) is 0.353. The average Bonchev–Trinajstić information content (AvgIpc) is 2.85. The summed E-state index contributed by atoms with van der Waals surface area (Å²) in [5.41, 5.74) is 2.92. The Bertz CT molecular complexity index is 956. The van der Waals surface area contributed by atoms with Crippen LogP contribution in [0.1, 0.15) is 81.8 Å². The molecule has 4 unspecified atom stereocenters. The third-order valence-electron chi connectivity index (χ3n) is 8.17. The van der Waals surface area contributed by atoms with Crippen LogP contribution in [0.2, 0.25) is 0 Å². The van der Waals surface area contributed by atoms with E-state index in [2.05, 4.69) is 24.8 Å². The van der Waals surface area contributed by atoms with Crippen molar-refractivity contribution in [1.29, 1.82) is 0 Å². The summed E-state index contributed by atoms with van der Waals surface area (Å²) in [5, 5.41) is 0. The van der Waals surface area contributed by atoms with E-state index in [4.69, 9.17) is 0 Å². The van der Waals surface area contributed by atoms with Crippen molar-refractivity contribution in [2.75, 3.05) is 0 Å². The standard InChI is InChI=1S/C31H38F2/c1-3-5-7-9-25-18-19-29(31(33)30(25)32)24-14-12-23(13-15-24)27-17-16-26-20-22(8-6-4-2)10-11-28(26)21-27/h3-5,12-15,18-19,22,26-28H,2,6-11,16-17,20-21H2,1H3/b5-3+. The van der Waals surface area contributed by atoms with Gasteiger partial charge in [0.05, 0.1) is 0 Å². The second-order valence-electron chi connectivity index (χ2n) is 10.2. The Hall–Kier alpha value is -2.22. The zero-order valence-electron chi connectivity index (χ0n) is 20.0. The summed E-state index contributed by atoms with van der Waals surface area (Å²) < 4.78 is 29.4. The minimum Gasteiger partial charge on any atom is -0.203 e. The SMILES string of the molecule is C=CCCC1CCC2CC(c3ccc(-c4ccc(CC/C=C/C)c(F)c4F)cc3)CCC2C1. The molecule has 176 valence electrons. The van der Waals surface area contributed by atoms with Crippen molar-refractivity contribution in [2.24, 2.45) is 17.8 Å². The van der Waals surface area contributed by atoms with E-state index < -0.39 is 11.6 Å². The maximum atomic E-state index is 14.8. The molecule has 0 N–H and O–H groups in total. The first kappa shape index (κ1) is 23.9. The molecule has 0 heterocycles. The fourth-order valence-corrected chi connectivity index (χ4v) is 6.25. The Labute approximate surface area is 198 Å². The van der Waals surface area contributed by atoms with Gasteiger partial charge in [-0.15, -0.1) is 6.58 Å². The van der Waals surface area contributed by atoms with Crippen LogP contribution in [0.5, 0.6) is 0 Å². The second-order valence-corrected chi connectivity index (χ2v) is 10.2.